The molecule has 0 radical (unpaired) electrons. The summed E-state index contributed by atoms with van der Waals surface area (Å²) in [5.74, 6) is 0. The van der Waals surface area contributed by atoms with Crippen LogP contribution in [-0.2, 0) is 6.54 Å². The molecule has 0 atom stereocenters. The second-order valence-electron chi connectivity index (χ2n) is 5.60. The van der Waals surface area contributed by atoms with Crippen LogP contribution in [0.2, 0.25) is 0 Å². The number of para-hydroxylation sites is 2. The highest BCUT2D eigenvalue weighted by molar-refractivity contribution is 5.70. The van der Waals surface area contributed by atoms with Gasteiger partial charge in [-0.1, -0.05) is 12.1 Å². The lowest BCUT2D eigenvalue weighted by molar-refractivity contribution is 0.525. The monoisotopic (exact) mass is 270 g/mol. The molecule has 2 aromatic rings. The first-order valence-electron chi connectivity index (χ1n) is 7.36. The molecule has 0 unspecified atom stereocenters. The van der Waals surface area contributed by atoms with Crippen LogP contribution in [0.4, 0.5) is 11.4 Å². The van der Waals surface area contributed by atoms with Crippen molar-refractivity contribution in [3.8, 4) is 0 Å². The maximum Gasteiger partial charge on any atom is 0.0817 e. The summed E-state index contributed by atoms with van der Waals surface area (Å²) in [6, 6.07) is 11.1. The van der Waals surface area contributed by atoms with Crippen LogP contribution in [0.3, 0.4) is 0 Å². The zero-order valence-corrected chi connectivity index (χ0v) is 12.2. The van der Waals surface area contributed by atoms with E-state index in [0.717, 1.165) is 31.7 Å². The van der Waals surface area contributed by atoms with E-state index in [-0.39, 0.29) is 0 Å². The Balaban J connectivity index is 1.82. The molecule has 1 aromatic heterocycles. The fraction of sp³-hybridized carbons (Fsp3) is 0.438. The number of hydrogen-bond acceptors (Lipinski definition) is 3. The van der Waals surface area contributed by atoms with Crippen molar-refractivity contribution < 1.29 is 0 Å². The number of nitrogens with zero attached hydrogens (tertiary/aromatic N) is 3. The van der Waals surface area contributed by atoms with E-state index in [0.29, 0.717) is 6.04 Å². The van der Waals surface area contributed by atoms with Gasteiger partial charge in [-0.25, -0.2) is 0 Å². The van der Waals surface area contributed by atoms with Gasteiger partial charge in [-0.2, -0.15) is 5.10 Å². The molecule has 1 aromatic carbocycles. The molecule has 0 saturated heterocycles. The topological polar surface area (TPSA) is 33.1 Å². The second-order valence-corrected chi connectivity index (χ2v) is 5.60. The molecule has 20 heavy (non-hydrogen) atoms. The van der Waals surface area contributed by atoms with E-state index in [1.807, 2.05) is 4.68 Å². The Bertz CT molecular complexity index is 573. The Labute approximate surface area is 120 Å². The van der Waals surface area contributed by atoms with E-state index >= 15 is 0 Å². The van der Waals surface area contributed by atoms with Crippen LogP contribution in [-0.4, -0.2) is 22.9 Å². The smallest absolute Gasteiger partial charge is 0.0817 e. The van der Waals surface area contributed by atoms with Crippen molar-refractivity contribution in [2.45, 2.75) is 32.9 Å². The highest BCUT2D eigenvalue weighted by Crippen LogP contribution is 2.29. The summed E-state index contributed by atoms with van der Waals surface area (Å²) in [6.45, 7) is 7.29. The minimum atomic E-state index is 0.418. The molecule has 2 heterocycles. The quantitative estimate of drug-likeness (QED) is 0.929. The Hall–Kier alpha value is -1.97. The van der Waals surface area contributed by atoms with E-state index in [2.05, 4.69) is 65.7 Å². The van der Waals surface area contributed by atoms with Crippen LogP contribution in [0.5, 0.6) is 0 Å². The normalized spacial score (nSPS) is 14.8. The van der Waals surface area contributed by atoms with Crippen LogP contribution in [0.25, 0.3) is 0 Å². The van der Waals surface area contributed by atoms with Gasteiger partial charge in [0.25, 0.3) is 0 Å². The first-order valence-corrected chi connectivity index (χ1v) is 7.36. The number of benzene rings is 1. The van der Waals surface area contributed by atoms with Crippen molar-refractivity contribution in [1.29, 1.82) is 0 Å². The van der Waals surface area contributed by atoms with Crippen LogP contribution in [0, 0.1) is 0 Å². The molecular formula is C16H22N4. The van der Waals surface area contributed by atoms with Crippen LogP contribution in [0.15, 0.2) is 36.5 Å². The van der Waals surface area contributed by atoms with Crippen molar-refractivity contribution >= 4 is 11.4 Å². The van der Waals surface area contributed by atoms with Gasteiger partial charge in [-0.15, -0.1) is 0 Å². The Kier molecular flexibility index (Phi) is 3.63. The standard InChI is InChI=1S/C16H22N4/c1-13(2)20-11-8-14(18-20)12-19-10-5-9-17-15-6-3-4-7-16(15)19/h3-4,6-8,11,13,17H,5,9-10,12H2,1-2H3. The van der Waals surface area contributed by atoms with Crippen LogP contribution < -0.4 is 10.2 Å². The Morgan fingerprint density at radius 1 is 1.25 bits per heavy atom. The molecule has 4 nitrogen and oxygen atoms in total. The molecule has 0 aliphatic carbocycles. The zero-order valence-electron chi connectivity index (χ0n) is 12.2. The van der Waals surface area contributed by atoms with E-state index in [9.17, 15) is 0 Å². The van der Waals surface area contributed by atoms with Crippen molar-refractivity contribution in [2.24, 2.45) is 0 Å². The Morgan fingerprint density at radius 2 is 2.10 bits per heavy atom. The first-order chi connectivity index (χ1) is 9.74. The number of fused-ring (bicyclic) bond motifs is 1. The van der Waals surface area contributed by atoms with Gasteiger partial charge >= 0.3 is 0 Å². The number of aromatic nitrogens is 2. The molecule has 0 spiro atoms. The predicted octanol–water partition coefficient (Wildman–Crippen LogP) is 3.29. The Morgan fingerprint density at radius 3 is 2.90 bits per heavy atom. The highest BCUT2D eigenvalue weighted by atomic mass is 15.3. The van der Waals surface area contributed by atoms with Gasteiger partial charge in [0.15, 0.2) is 0 Å². The maximum absolute atomic E-state index is 4.66. The molecule has 0 fully saturated rings. The summed E-state index contributed by atoms with van der Waals surface area (Å²) in [6.07, 6.45) is 3.22. The van der Waals surface area contributed by atoms with Gasteiger partial charge in [-0.3, -0.25) is 4.68 Å². The van der Waals surface area contributed by atoms with Crippen molar-refractivity contribution in [3.63, 3.8) is 0 Å². The third kappa shape index (κ3) is 2.64. The van der Waals surface area contributed by atoms with E-state index in [1.54, 1.807) is 0 Å². The average molecular weight is 270 g/mol. The summed E-state index contributed by atoms with van der Waals surface area (Å²) in [7, 11) is 0. The number of rotatable bonds is 3. The summed E-state index contributed by atoms with van der Waals surface area (Å²) in [5, 5.41) is 8.16. The minimum absolute atomic E-state index is 0.418. The summed E-state index contributed by atoms with van der Waals surface area (Å²) in [5.41, 5.74) is 3.65. The lowest BCUT2D eigenvalue weighted by Crippen LogP contribution is -2.23. The molecular weight excluding hydrogens is 248 g/mol. The van der Waals surface area contributed by atoms with Crippen LogP contribution in [0.1, 0.15) is 32.0 Å². The molecule has 1 aliphatic heterocycles. The first kappa shape index (κ1) is 13.0. The highest BCUT2D eigenvalue weighted by Gasteiger charge is 2.15. The minimum Gasteiger partial charge on any atom is -0.383 e. The molecule has 3 rings (SSSR count). The van der Waals surface area contributed by atoms with Gasteiger partial charge in [0.1, 0.15) is 0 Å². The van der Waals surface area contributed by atoms with E-state index in [1.165, 1.54) is 11.4 Å². The summed E-state index contributed by atoms with van der Waals surface area (Å²) >= 11 is 0. The second kappa shape index (κ2) is 5.57. The molecule has 4 heteroatoms. The maximum atomic E-state index is 4.66. The molecule has 106 valence electrons. The van der Waals surface area contributed by atoms with Gasteiger partial charge < -0.3 is 10.2 Å². The van der Waals surface area contributed by atoms with Gasteiger partial charge in [0.2, 0.25) is 0 Å². The lowest BCUT2D eigenvalue weighted by atomic mass is 10.2. The molecule has 1 N–H and O–H groups in total. The van der Waals surface area contributed by atoms with Crippen molar-refractivity contribution in [2.75, 3.05) is 23.3 Å². The number of nitrogens with one attached hydrogen (secondary N) is 1. The van der Waals surface area contributed by atoms with Gasteiger partial charge in [0, 0.05) is 25.3 Å². The average Bonchev–Trinajstić information content (AvgIpc) is 2.82. The molecule has 0 saturated carbocycles. The molecule has 0 bridgehead atoms. The third-order valence-corrected chi connectivity index (χ3v) is 3.71. The number of anilines is 2. The molecule has 1 aliphatic rings. The lowest BCUT2D eigenvalue weighted by Gasteiger charge is -2.23. The fourth-order valence-corrected chi connectivity index (χ4v) is 2.62. The third-order valence-electron chi connectivity index (χ3n) is 3.71. The SMILES string of the molecule is CC(C)n1ccc(CN2CCCNc3ccccc32)n1. The largest absolute Gasteiger partial charge is 0.383 e. The van der Waals surface area contributed by atoms with Gasteiger partial charge in [0.05, 0.1) is 23.6 Å². The number of hydrogen-bond donors (Lipinski definition) is 1. The van der Waals surface area contributed by atoms with Gasteiger partial charge in [-0.05, 0) is 38.5 Å². The summed E-state index contributed by atoms with van der Waals surface area (Å²) < 4.78 is 2.03. The van der Waals surface area contributed by atoms with Crippen LogP contribution >= 0.6 is 0 Å². The zero-order chi connectivity index (χ0) is 13.9. The van der Waals surface area contributed by atoms with E-state index < -0.39 is 0 Å². The molecule has 0 amide bonds. The predicted molar refractivity (Wildman–Crippen MR) is 83.2 cm³/mol. The summed E-state index contributed by atoms with van der Waals surface area (Å²) in [4.78, 5) is 2.42. The van der Waals surface area contributed by atoms with E-state index in [4.69, 9.17) is 0 Å². The fourth-order valence-electron chi connectivity index (χ4n) is 2.62. The van der Waals surface area contributed by atoms with Crippen molar-refractivity contribution in [1.82, 2.24) is 9.78 Å². The van der Waals surface area contributed by atoms with Crippen molar-refractivity contribution in [3.05, 3.63) is 42.2 Å².